The lowest BCUT2D eigenvalue weighted by Crippen LogP contribution is -2.28. The van der Waals surface area contributed by atoms with E-state index in [0.717, 1.165) is 11.3 Å². The van der Waals surface area contributed by atoms with E-state index in [-0.39, 0.29) is 24.1 Å². The predicted molar refractivity (Wildman–Crippen MR) is 121 cm³/mol. The molecule has 1 atom stereocenters. The number of hydrogen-bond acceptors (Lipinski definition) is 3. The molecule has 1 fully saturated rings. The normalized spacial score (nSPS) is 15.6. The predicted octanol–water partition coefficient (Wildman–Crippen LogP) is 4.24. The minimum absolute atomic E-state index is 0.0842. The molecule has 3 aromatic rings. The summed E-state index contributed by atoms with van der Waals surface area (Å²) < 4.78 is 0. The summed E-state index contributed by atoms with van der Waals surface area (Å²) in [5, 5.41) is 5.67. The van der Waals surface area contributed by atoms with Gasteiger partial charge in [0.25, 0.3) is 5.91 Å². The first-order valence-corrected chi connectivity index (χ1v) is 10.1. The number of rotatable bonds is 5. The van der Waals surface area contributed by atoms with E-state index < -0.39 is 5.92 Å². The van der Waals surface area contributed by atoms with Crippen molar-refractivity contribution >= 4 is 34.8 Å². The second-order valence-corrected chi connectivity index (χ2v) is 7.60. The van der Waals surface area contributed by atoms with Gasteiger partial charge in [-0.2, -0.15) is 0 Å². The standard InChI is InChI=1S/C25H23N3O3/c1-17-11-13-20(14-12-17)28-16-18(15-23(28)29)24(30)27-22-10-6-5-9-21(22)25(31)26-19-7-3-2-4-8-19/h2-14,18H,15-16H2,1H3,(H,26,31)(H,27,30)/t18-/m0/s1. The van der Waals surface area contributed by atoms with Gasteiger partial charge in [0, 0.05) is 24.3 Å². The molecule has 4 rings (SSSR count). The molecule has 0 saturated carbocycles. The van der Waals surface area contributed by atoms with Gasteiger partial charge in [0.15, 0.2) is 0 Å². The van der Waals surface area contributed by atoms with Crippen molar-refractivity contribution in [3.05, 3.63) is 90.0 Å². The molecule has 1 aliphatic heterocycles. The minimum Gasteiger partial charge on any atom is -0.325 e. The zero-order valence-electron chi connectivity index (χ0n) is 17.2. The Morgan fingerprint density at radius 2 is 1.55 bits per heavy atom. The van der Waals surface area contributed by atoms with Crippen molar-refractivity contribution in [2.24, 2.45) is 5.92 Å². The SMILES string of the molecule is Cc1ccc(N2C[C@@H](C(=O)Nc3ccccc3C(=O)Nc3ccccc3)CC2=O)cc1. The lowest BCUT2D eigenvalue weighted by Gasteiger charge is -2.17. The van der Waals surface area contributed by atoms with Crippen LogP contribution >= 0.6 is 0 Å². The molecule has 0 aromatic heterocycles. The summed E-state index contributed by atoms with van der Waals surface area (Å²) in [6, 6.07) is 23.6. The van der Waals surface area contributed by atoms with Crippen LogP contribution in [0.1, 0.15) is 22.3 Å². The molecule has 3 aromatic carbocycles. The van der Waals surface area contributed by atoms with Crippen molar-refractivity contribution in [2.45, 2.75) is 13.3 Å². The number of carbonyl (C=O) groups is 3. The van der Waals surface area contributed by atoms with Crippen LogP contribution in [0, 0.1) is 12.8 Å². The van der Waals surface area contributed by atoms with Gasteiger partial charge in [-0.15, -0.1) is 0 Å². The molecule has 1 aliphatic rings. The molecule has 1 saturated heterocycles. The van der Waals surface area contributed by atoms with Gasteiger partial charge < -0.3 is 15.5 Å². The van der Waals surface area contributed by atoms with E-state index in [1.54, 1.807) is 41.3 Å². The summed E-state index contributed by atoms with van der Waals surface area (Å²) in [5.74, 6) is -1.16. The number of anilines is 3. The fraction of sp³-hybridized carbons (Fsp3) is 0.160. The van der Waals surface area contributed by atoms with Gasteiger partial charge in [0.2, 0.25) is 11.8 Å². The van der Waals surface area contributed by atoms with Crippen LogP contribution < -0.4 is 15.5 Å². The van der Waals surface area contributed by atoms with Gasteiger partial charge in [-0.1, -0.05) is 48.0 Å². The van der Waals surface area contributed by atoms with E-state index in [1.807, 2.05) is 49.4 Å². The minimum atomic E-state index is -0.487. The Morgan fingerprint density at radius 1 is 0.871 bits per heavy atom. The summed E-state index contributed by atoms with van der Waals surface area (Å²) in [4.78, 5) is 39.8. The van der Waals surface area contributed by atoms with Crippen LogP contribution in [0.3, 0.4) is 0 Å². The lowest BCUT2D eigenvalue weighted by molar-refractivity contribution is -0.122. The summed E-state index contributed by atoms with van der Waals surface area (Å²) in [6.07, 6.45) is 0.137. The Bertz CT molecular complexity index is 1110. The van der Waals surface area contributed by atoms with Crippen LogP contribution in [-0.4, -0.2) is 24.3 Å². The first-order chi connectivity index (χ1) is 15.0. The van der Waals surface area contributed by atoms with Crippen LogP contribution in [0.25, 0.3) is 0 Å². The maximum atomic E-state index is 12.9. The first-order valence-electron chi connectivity index (χ1n) is 10.1. The van der Waals surface area contributed by atoms with Gasteiger partial charge in [-0.25, -0.2) is 0 Å². The van der Waals surface area contributed by atoms with E-state index in [1.165, 1.54) is 0 Å². The molecule has 0 bridgehead atoms. The van der Waals surface area contributed by atoms with Crippen LogP contribution in [0.15, 0.2) is 78.9 Å². The molecule has 156 valence electrons. The summed E-state index contributed by atoms with van der Waals surface area (Å²) in [5.41, 5.74) is 3.34. The molecule has 2 N–H and O–H groups in total. The average molecular weight is 413 g/mol. The van der Waals surface area contributed by atoms with Crippen molar-refractivity contribution in [2.75, 3.05) is 22.1 Å². The zero-order chi connectivity index (χ0) is 21.8. The zero-order valence-corrected chi connectivity index (χ0v) is 17.2. The Labute approximate surface area is 180 Å². The average Bonchev–Trinajstić information content (AvgIpc) is 3.17. The van der Waals surface area contributed by atoms with Gasteiger partial charge >= 0.3 is 0 Å². The maximum absolute atomic E-state index is 12.9. The molecule has 6 heteroatoms. The Morgan fingerprint density at radius 3 is 2.29 bits per heavy atom. The molecule has 31 heavy (non-hydrogen) atoms. The van der Waals surface area contributed by atoms with Crippen molar-refractivity contribution in [1.29, 1.82) is 0 Å². The van der Waals surface area contributed by atoms with Crippen LogP contribution in [0.5, 0.6) is 0 Å². The van der Waals surface area contributed by atoms with E-state index >= 15 is 0 Å². The molecule has 0 radical (unpaired) electrons. The number of amides is 3. The van der Waals surface area contributed by atoms with Crippen molar-refractivity contribution in [1.82, 2.24) is 0 Å². The highest BCUT2D eigenvalue weighted by atomic mass is 16.2. The highest BCUT2D eigenvalue weighted by Gasteiger charge is 2.35. The number of aryl methyl sites for hydroxylation is 1. The van der Waals surface area contributed by atoms with Crippen molar-refractivity contribution in [3.8, 4) is 0 Å². The van der Waals surface area contributed by atoms with E-state index in [0.29, 0.717) is 23.5 Å². The van der Waals surface area contributed by atoms with Crippen LogP contribution in [0.4, 0.5) is 17.1 Å². The maximum Gasteiger partial charge on any atom is 0.257 e. The van der Waals surface area contributed by atoms with Crippen molar-refractivity contribution in [3.63, 3.8) is 0 Å². The summed E-state index contributed by atoms with van der Waals surface area (Å²) in [7, 11) is 0. The lowest BCUT2D eigenvalue weighted by atomic mass is 10.1. The topological polar surface area (TPSA) is 78.5 Å². The number of nitrogens with zero attached hydrogens (tertiary/aromatic N) is 1. The Balaban J connectivity index is 1.46. The number of nitrogens with one attached hydrogen (secondary N) is 2. The van der Waals surface area contributed by atoms with Gasteiger partial charge in [0.1, 0.15) is 0 Å². The van der Waals surface area contributed by atoms with Crippen molar-refractivity contribution < 1.29 is 14.4 Å². The highest BCUT2D eigenvalue weighted by Crippen LogP contribution is 2.27. The number of carbonyl (C=O) groups excluding carboxylic acids is 3. The molecule has 0 aliphatic carbocycles. The molecular formula is C25H23N3O3. The molecule has 3 amide bonds. The number of benzene rings is 3. The van der Waals surface area contributed by atoms with E-state index in [4.69, 9.17) is 0 Å². The largest absolute Gasteiger partial charge is 0.325 e. The van der Waals surface area contributed by atoms with Gasteiger partial charge in [0.05, 0.1) is 17.2 Å². The summed E-state index contributed by atoms with van der Waals surface area (Å²) in [6.45, 7) is 2.29. The Kier molecular flexibility index (Phi) is 5.80. The Hall–Kier alpha value is -3.93. The fourth-order valence-electron chi connectivity index (χ4n) is 3.60. The molecule has 1 heterocycles. The highest BCUT2D eigenvalue weighted by molar-refractivity contribution is 6.11. The third kappa shape index (κ3) is 4.64. The monoisotopic (exact) mass is 413 g/mol. The van der Waals surface area contributed by atoms with E-state index in [2.05, 4.69) is 10.6 Å². The van der Waals surface area contributed by atoms with Gasteiger partial charge in [-0.3, -0.25) is 14.4 Å². The molecule has 0 unspecified atom stereocenters. The smallest absolute Gasteiger partial charge is 0.257 e. The summed E-state index contributed by atoms with van der Waals surface area (Å²) >= 11 is 0. The van der Waals surface area contributed by atoms with Crippen LogP contribution in [-0.2, 0) is 9.59 Å². The van der Waals surface area contributed by atoms with Crippen LogP contribution in [0.2, 0.25) is 0 Å². The first kappa shape index (κ1) is 20.3. The van der Waals surface area contributed by atoms with E-state index in [9.17, 15) is 14.4 Å². The molecular weight excluding hydrogens is 390 g/mol. The fourth-order valence-corrected chi connectivity index (χ4v) is 3.60. The molecule has 0 spiro atoms. The quantitative estimate of drug-likeness (QED) is 0.657. The third-order valence-electron chi connectivity index (χ3n) is 5.30. The third-order valence-corrected chi connectivity index (χ3v) is 5.30. The molecule has 6 nitrogen and oxygen atoms in total. The number of hydrogen-bond donors (Lipinski definition) is 2. The second kappa shape index (κ2) is 8.83. The second-order valence-electron chi connectivity index (χ2n) is 7.60. The number of para-hydroxylation sites is 2. The van der Waals surface area contributed by atoms with Gasteiger partial charge in [-0.05, 0) is 43.3 Å².